The minimum Gasteiger partial charge on any atom is -0.503 e. The third kappa shape index (κ3) is 3.99. The molecule has 0 spiro atoms. The fraction of sp³-hybridized carbons (Fsp3) is 0.435. The summed E-state index contributed by atoms with van der Waals surface area (Å²) in [6.07, 6.45) is 1.63. The molecule has 2 aliphatic rings. The van der Waals surface area contributed by atoms with Crippen LogP contribution in [0.25, 0.3) is 0 Å². The molecule has 176 valence electrons. The summed E-state index contributed by atoms with van der Waals surface area (Å²) in [6.45, 7) is 0.940. The number of ether oxygens (including phenoxy) is 1. The maximum Gasteiger partial charge on any atom is 0.274 e. The zero-order valence-corrected chi connectivity index (χ0v) is 18.3. The normalized spacial score (nSPS) is 22.0. The lowest BCUT2D eigenvalue weighted by molar-refractivity contribution is 0.0314. The first kappa shape index (κ1) is 22.9. The molecule has 1 fully saturated rings. The Balaban J connectivity index is 1.71. The highest BCUT2D eigenvalue weighted by molar-refractivity contribution is 5.99. The van der Waals surface area contributed by atoms with Gasteiger partial charge >= 0.3 is 0 Å². The number of alkyl halides is 1. The topological polar surface area (TPSA) is 101 Å². The average Bonchev–Trinajstić information content (AvgIpc) is 2.96. The maximum absolute atomic E-state index is 14.1. The van der Waals surface area contributed by atoms with E-state index in [0.717, 1.165) is 5.56 Å². The smallest absolute Gasteiger partial charge is 0.274 e. The van der Waals surface area contributed by atoms with E-state index >= 15 is 0 Å². The molecule has 2 bridgehead atoms. The number of hydrogen-bond acceptors (Lipinski definition) is 5. The summed E-state index contributed by atoms with van der Waals surface area (Å²) in [5.41, 5.74) is -0.735. The minimum absolute atomic E-state index is 0.122. The molecule has 2 aliphatic heterocycles. The van der Waals surface area contributed by atoms with E-state index in [2.05, 4.69) is 5.32 Å². The van der Waals surface area contributed by atoms with Crippen molar-refractivity contribution in [1.29, 1.82) is 0 Å². The first-order valence-electron chi connectivity index (χ1n) is 10.7. The molecule has 2 aromatic rings. The van der Waals surface area contributed by atoms with Gasteiger partial charge in [-0.25, -0.2) is 8.78 Å². The second-order valence-electron chi connectivity index (χ2n) is 8.44. The zero-order chi connectivity index (χ0) is 23.9. The van der Waals surface area contributed by atoms with Gasteiger partial charge in [0.2, 0.25) is 5.43 Å². The number of fused-ring (bicyclic) bond motifs is 4. The van der Waals surface area contributed by atoms with E-state index in [1.54, 1.807) is 13.0 Å². The largest absolute Gasteiger partial charge is 0.503 e. The molecule has 1 aromatic heterocycles. The van der Waals surface area contributed by atoms with Crippen LogP contribution in [0.4, 0.5) is 8.78 Å². The Morgan fingerprint density at radius 1 is 1.30 bits per heavy atom. The van der Waals surface area contributed by atoms with Crippen molar-refractivity contribution < 1.29 is 28.2 Å². The van der Waals surface area contributed by atoms with Gasteiger partial charge < -0.3 is 24.6 Å². The molecule has 0 radical (unpaired) electrons. The van der Waals surface area contributed by atoms with Crippen LogP contribution in [-0.2, 0) is 11.3 Å². The second kappa shape index (κ2) is 8.93. The molecular weight excluding hydrogens is 436 g/mol. The molecule has 3 atom stereocenters. The van der Waals surface area contributed by atoms with Gasteiger partial charge in [0.25, 0.3) is 11.8 Å². The van der Waals surface area contributed by atoms with E-state index in [1.165, 1.54) is 34.9 Å². The van der Waals surface area contributed by atoms with Crippen molar-refractivity contribution in [3.8, 4) is 5.75 Å². The number of nitrogens with zero attached hydrogens (tertiary/aromatic N) is 2. The van der Waals surface area contributed by atoms with Crippen molar-refractivity contribution in [1.82, 2.24) is 14.8 Å². The van der Waals surface area contributed by atoms with Gasteiger partial charge in [-0.15, -0.1) is 0 Å². The van der Waals surface area contributed by atoms with Crippen LogP contribution in [0.3, 0.4) is 0 Å². The van der Waals surface area contributed by atoms with E-state index in [4.69, 9.17) is 4.74 Å². The predicted molar refractivity (Wildman–Crippen MR) is 115 cm³/mol. The third-order valence-corrected chi connectivity index (χ3v) is 6.44. The lowest BCUT2D eigenvalue weighted by Gasteiger charge is -2.38. The molecule has 0 aliphatic carbocycles. The Morgan fingerprint density at radius 2 is 2.06 bits per heavy atom. The Bertz CT molecular complexity index is 1170. The number of nitrogens with one attached hydrogen (secondary N) is 1. The number of aromatic hydroxyl groups is 1. The fourth-order valence-corrected chi connectivity index (χ4v) is 4.58. The Kier molecular flexibility index (Phi) is 6.20. The van der Waals surface area contributed by atoms with Crippen LogP contribution in [0, 0.1) is 12.7 Å². The van der Waals surface area contributed by atoms with E-state index in [9.17, 15) is 28.3 Å². The summed E-state index contributed by atoms with van der Waals surface area (Å²) in [5.74, 6) is -2.85. The number of benzene rings is 1. The van der Waals surface area contributed by atoms with Crippen molar-refractivity contribution in [3.63, 3.8) is 0 Å². The van der Waals surface area contributed by atoms with E-state index in [0.29, 0.717) is 12.8 Å². The number of halogens is 2. The lowest BCUT2D eigenvalue weighted by Crippen LogP contribution is -2.50. The predicted octanol–water partition coefficient (Wildman–Crippen LogP) is 2.08. The van der Waals surface area contributed by atoms with Crippen molar-refractivity contribution in [3.05, 3.63) is 62.8 Å². The molecule has 1 aromatic carbocycles. The summed E-state index contributed by atoms with van der Waals surface area (Å²) in [5, 5.41) is 13.1. The van der Waals surface area contributed by atoms with Gasteiger partial charge in [0.1, 0.15) is 18.1 Å². The number of carbonyl (C=O) groups is 2. The van der Waals surface area contributed by atoms with E-state index in [-0.39, 0.29) is 29.9 Å². The van der Waals surface area contributed by atoms with Gasteiger partial charge in [-0.05, 0) is 31.4 Å². The number of aryl methyl sites for hydroxylation is 1. The second-order valence-corrected chi connectivity index (χ2v) is 8.44. The number of hydrogen-bond donors (Lipinski definition) is 2. The molecule has 0 saturated carbocycles. The molecule has 10 heteroatoms. The number of rotatable bonds is 5. The van der Waals surface area contributed by atoms with Crippen LogP contribution in [-0.4, -0.2) is 58.9 Å². The molecule has 1 saturated heterocycles. The van der Waals surface area contributed by atoms with Gasteiger partial charge in [-0.3, -0.25) is 14.4 Å². The van der Waals surface area contributed by atoms with Crippen LogP contribution in [0.15, 0.2) is 29.2 Å². The van der Waals surface area contributed by atoms with Crippen LogP contribution in [0.2, 0.25) is 0 Å². The highest BCUT2D eigenvalue weighted by Gasteiger charge is 2.43. The highest BCUT2D eigenvalue weighted by atomic mass is 19.1. The number of carbonyl (C=O) groups excluding carboxylic acids is 2. The SMILES string of the molecule is CO[C@H]1CC[C@H](CF)N2C[C@H]1n1cc(C(=O)NCc3ccc(C)cc3F)c(=O)c(O)c1C2=O. The van der Waals surface area contributed by atoms with Crippen molar-refractivity contribution in [2.45, 2.75) is 44.5 Å². The quantitative estimate of drug-likeness (QED) is 0.710. The van der Waals surface area contributed by atoms with Gasteiger partial charge in [0.15, 0.2) is 11.4 Å². The summed E-state index contributed by atoms with van der Waals surface area (Å²) in [7, 11) is 1.49. The molecule has 33 heavy (non-hydrogen) atoms. The van der Waals surface area contributed by atoms with Crippen molar-refractivity contribution in [2.75, 3.05) is 20.3 Å². The van der Waals surface area contributed by atoms with E-state index in [1.807, 2.05) is 0 Å². The highest BCUT2D eigenvalue weighted by Crippen LogP contribution is 2.35. The first-order valence-corrected chi connectivity index (χ1v) is 10.7. The Labute approximate surface area is 188 Å². The summed E-state index contributed by atoms with van der Waals surface area (Å²) in [4.78, 5) is 39.9. The molecular formula is C23H25F2N3O5. The van der Waals surface area contributed by atoms with Crippen molar-refractivity contribution in [2.24, 2.45) is 0 Å². The number of aromatic nitrogens is 1. The van der Waals surface area contributed by atoms with Gasteiger partial charge in [-0.1, -0.05) is 12.1 Å². The average molecular weight is 461 g/mol. The van der Waals surface area contributed by atoms with Crippen LogP contribution in [0.1, 0.15) is 50.9 Å². The standard InChI is InChI=1S/C23H25F2N3O5/c1-12-3-4-13(16(25)7-12)9-26-22(31)15-10-28-17-11-27(14(8-24)5-6-18(17)33-2)23(32)19(28)21(30)20(15)29/h3-4,7,10,14,17-18,30H,5-6,8-9,11H2,1-2H3,(H,26,31)/t14-,17-,18+/m1/s1. The van der Waals surface area contributed by atoms with Gasteiger partial charge in [0.05, 0.1) is 18.2 Å². The molecule has 3 heterocycles. The summed E-state index contributed by atoms with van der Waals surface area (Å²) in [6, 6.07) is 3.36. The van der Waals surface area contributed by atoms with Crippen molar-refractivity contribution >= 4 is 11.8 Å². The zero-order valence-electron chi connectivity index (χ0n) is 18.3. The Morgan fingerprint density at radius 3 is 2.73 bits per heavy atom. The monoisotopic (exact) mass is 461 g/mol. The number of amides is 2. The lowest BCUT2D eigenvalue weighted by atomic mass is 10.0. The molecule has 0 unspecified atom stereocenters. The van der Waals surface area contributed by atoms with Gasteiger partial charge in [0, 0.05) is 32.0 Å². The number of pyridine rings is 1. The summed E-state index contributed by atoms with van der Waals surface area (Å²) < 4.78 is 34.6. The maximum atomic E-state index is 14.1. The van der Waals surface area contributed by atoms with Crippen LogP contribution < -0.4 is 10.7 Å². The molecule has 8 nitrogen and oxygen atoms in total. The molecule has 4 rings (SSSR count). The number of methoxy groups -OCH3 is 1. The molecule has 2 N–H and O–H groups in total. The van der Waals surface area contributed by atoms with E-state index < -0.39 is 53.7 Å². The Hall–Kier alpha value is -3.27. The third-order valence-electron chi connectivity index (χ3n) is 6.44. The molecule has 2 amide bonds. The van der Waals surface area contributed by atoms with Gasteiger partial charge in [-0.2, -0.15) is 0 Å². The minimum atomic E-state index is -1.03. The summed E-state index contributed by atoms with van der Waals surface area (Å²) >= 11 is 0. The first-order chi connectivity index (χ1) is 15.8. The van der Waals surface area contributed by atoms with Crippen LogP contribution in [0.5, 0.6) is 5.75 Å². The van der Waals surface area contributed by atoms with Crippen LogP contribution >= 0.6 is 0 Å². The fourth-order valence-electron chi connectivity index (χ4n) is 4.58.